The highest BCUT2D eigenvalue weighted by atomic mass is 79.9. The highest BCUT2D eigenvalue weighted by Gasteiger charge is 2.13. The number of hydrogen-bond acceptors (Lipinski definition) is 3. The maximum absolute atomic E-state index is 12.8. The van der Waals surface area contributed by atoms with E-state index in [-0.39, 0.29) is 5.91 Å². The SMILES string of the molecule is O=C(NN=Cc1cccc(Br)c1)c1cc(-c2ccccc2)nc2ccccc12. The summed E-state index contributed by atoms with van der Waals surface area (Å²) in [5.41, 5.74) is 6.53. The van der Waals surface area contributed by atoms with Gasteiger partial charge in [0.2, 0.25) is 0 Å². The van der Waals surface area contributed by atoms with E-state index in [4.69, 9.17) is 4.98 Å². The van der Waals surface area contributed by atoms with Crippen LogP contribution in [0.1, 0.15) is 15.9 Å². The van der Waals surface area contributed by atoms with Gasteiger partial charge in [0.25, 0.3) is 5.91 Å². The summed E-state index contributed by atoms with van der Waals surface area (Å²) in [4.78, 5) is 17.5. The number of nitrogens with zero attached hydrogens (tertiary/aromatic N) is 2. The summed E-state index contributed by atoms with van der Waals surface area (Å²) in [6.07, 6.45) is 1.62. The van der Waals surface area contributed by atoms with Crippen LogP contribution in [0.5, 0.6) is 0 Å². The number of aromatic nitrogens is 1. The molecule has 4 nitrogen and oxygen atoms in total. The maximum atomic E-state index is 12.8. The molecule has 0 spiro atoms. The number of pyridine rings is 1. The van der Waals surface area contributed by atoms with Crippen molar-refractivity contribution in [1.82, 2.24) is 10.4 Å². The molecule has 3 aromatic carbocycles. The number of fused-ring (bicyclic) bond motifs is 1. The Bertz CT molecular complexity index is 1170. The van der Waals surface area contributed by atoms with E-state index < -0.39 is 0 Å². The smallest absolute Gasteiger partial charge is 0.267 e. The summed E-state index contributed by atoms with van der Waals surface area (Å²) in [5.74, 6) is -0.276. The molecule has 0 saturated heterocycles. The normalized spacial score (nSPS) is 11.0. The summed E-state index contributed by atoms with van der Waals surface area (Å²) in [6.45, 7) is 0. The molecule has 4 aromatic rings. The number of carbonyl (C=O) groups excluding carboxylic acids is 1. The molecule has 1 N–H and O–H groups in total. The second-order valence-corrected chi connectivity index (χ2v) is 7.11. The molecule has 5 heteroatoms. The van der Waals surface area contributed by atoms with Crippen LogP contribution in [0.2, 0.25) is 0 Å². The largest absolute Gasteiger partial charge is 0.272 e. The quantitative estimate of drug-likeness (QED) is 0.347. The number of benzene rings is 3. The summed E-state index contributed by atoms with van der Waals surface area (Å²) in [5, 5.41) is 4.89. The van der Waals surface area contributed by atoms with Crippen molar-refractivity contribution in [2.24, 2.45) is 5.10 Å². The summed E-state index contributed by atoms with van der Waals surface area (Å²) >= 11 is 3.42. The average molecular weight is 430 g/mol. The summed E-state index contributed by atoms with van der Waals surface area (Å²) in [7, 11) is 0. The van der Waals surface area contributed by atoms with Gasteiger partial charge in [0.1, 0.15) is 0 Å². The zero-order chi connectivity index (χ0) is 19.3. The van der Waals surface area contributed by atoms with Crippen LogP contribution in [0.15, 0.2) is 94.5 Å². The maximum Gasteiger partial charge on any atom is 0.272 e. The van der Waals surface area contributed by atoms with Crippen molar-refractivity contribution < 1.29 is 4.79 Å². The molecule has 0 unspecified atom stereocenters. The van der Waals surface area contributed by atoms with E-state index in [2.05, 4.69) is 26.5 Å². The molecule has 0 aliphatic carbocycles. The fourth-order valence-electron chi connectivity index (χ4n) is 2.93. The first-order valence-corrected chi connectivity index (χ1v) is 9.54. The molecular weight excluding hydrogens is 414 g/mol. The van der Waals surface area contributed by atoms with Crippen LogP contribution in [-0.4, -0.2) is 17.1 Å². The molecule has 0 aliphatic heterocycles. The Kier molecular flexibility index (Phi) is 5.26. The molecule has 1 amide bonds. The lowest BCUT2D eigenvalue weighted by Gasteiger charge is -2.09. The minimum absolute atomic E-state index is 0.276. The third-order valence-corrected chi connectivity index (χ3v) is 4.75. The predicted molar refractivity (Wildman–Crippen MR) is 116 cm³/mol. The Morgan fingerprint density at radius 3 is 2.54 bits per heavy atom. The third-order valence-electron chi connectivity index (χ3n) is 4.26. The first-order chi connectivity index (χ1) is 13.7. The average Bonchev–Trinajstić information content (AvgIpc) is 2.73. The Labute approximate surface area is 171 Å². The molecule has 28 heavy (non-hydrogen) atoms. The van der Waals surface area contributed by atoms with Gasteiger partial charge in [-0.05, 0) is 29.8 Å². The standard InChI is InChI=1S/C23H16BrN3O/c24-18-10-6-7-16(13-18)15-25-27-23(28)20-14-22(17-8-2-1-3-9-17)26-21-12-5-4-11-19(20)21/h1-15H,(H,27,28). The van der Waals surface area contributed by atoms with Gasteiger partial charge in [-0.15, -0.1) is 0 Å². The van der Waals surface area contributed by atoms with E-state index in [1.807, 2.05) is 84.9 Å². The topological polar surface area (TPSA) is 54.4 Å². The van der Waals surface area contributed by atoms with Crippen molar-refractivity contribution in [1.29, 1.82) is 0 Å². The number of hydrogen-bond donors (Lipinski definition) is 1. The summed E-state index contributed by atoms with van der Waals surface area (Å²) in [6, 6.07) is 26.9. The number of nitrogens with one attached hydrogen (secondary N) is 1. The van der Waals surface area contributed by atoms with Crippen molar-refractivity contribution in [2.75, 3.05) is 0 Å². The van der Waals surface area contributed by atoms with Gasteiger partial charge in [0.15, 0.2) is 0 Å². The second kappa shape index (κ2) is 8.15. The fraction of sp³-hybridized carbons (Fsp3) is 0. The van der Waals surface area contributed by atoms with Crippen molar-refractivity contribution in [3.63, 3.8) is 0 Å². The lowest BCUT2D eigenvalue weighted by Crippen LogP contribution is -2.18. The van der Waals surface area contributed by atoms with E-state index in [0.29, 0.717) is 5.56 Å². The van der Waals surface area contributed by atoms with Crippen LogP contribution < -0.4 is 5.43 Å². The van der Waals surface area contributed by atoms with Crippen LogP contribution >= 0.6 is 15.9 Å². The van der Waals surface area contributed by atoms with Gasteiger partial charge in [-0.25, -0.2) is 10.4 Å². The third kappa shape index (κ3) is 4.00. The Balaban J connectivity index is 1.67. The number of hydrazone groups is 1. The van der Waals surface area contributed by atoms with Crippen molar-refractivity contribution in [3.05, 3.63) is 101 Å². The molecule has 0 bridgehead atoms. The van der Waals surface area contributed by atoms with Gasteiger partial charge in [0.05, 0.1) is 23.0 Å². The second-order valence-electron chi connectivity index (χ2n) is 6.19. The van der Waals surface area contributed by atoms with Gasteiger partial charge in [-0.3, -0.25) is 4.79 Å². The number of rotatable bonds is 4. The van der Waals surface area contributed by atoms with Crippen LogP contribution in [0.4, 0.5) is 0 Å². The first kappa shape index (κ1) is 18.1. The van der Waals surface area contributed by atoms with Crippen molar-refractivity contribution >= 4 is 39.0 Å². The predicted octanol–water partition coefficient (Wildman–Crippen LogP) is 5.43. The lowest BCUT2D eigenvalue weighted by atomic mass is 10.0. The van der Waals surface area contributed by atoms with Crippen molar-refractivity contribution in [2.45, 2.75) is 0 Å². The Morgan fingerprint density at radius 2 is 1.71 bits per heavy atom. The molecule has 0 aliphatic rings. The van der Waals surface area contributed by atoms with E-state index in [1.54, 1.807) is 6.21 Å². The highest BCUT2D eigenvalue weighted by molar-refractivity contribution is 9.10. The number of carbonyl (C=O) groups is 1. The first-order valence-electron chi connectivity index (χ1n) is 8.75. The molecular formula is C23H16BrN3O. The molecule has 0 saturated carbocycles. The number of para-hydroxylation sites is 1. The van der Waals surface area contributed by atoms with Gasteiger partial charge in [0, 0.05) is 15.4 Å². The Morgan fingerprint density at radius 1 is 0.929 bits per heavy atom. The fourth-order valence-corrected chi connectivity index (χ4v) is 3.35. The van der Waals surface area contributed by atoms with E-state index in [1.165, 1.54) is 0 Å². The minimum atomic E-state index is -0.276. The van der Waals surface area contributed by atoms with Gasteiger partial charge in [-0.2, -0.15) is 5.10 Å². The molecule has 0 radical (unpaired) electrons. The van der Waals surface area contributed by atoms with E-state index in [9.17, 15) is 4.79 Å². The minimum Gasteiger partial charge on any atom is -0.267 e. The zero-order valence-corrected chi connectivity index (χ0v) is 16.4. The molecule has 0 atom stereocenters. The van der Waals surface area contributed by atoms with Crippen LogP contribution in [0.25, 0.3) is 22.2 Å². The monoisotopic (exact) mass is 429 g/mol. The zero-order valence-electron chi connectivity index (χ0n) is 14.8. The molecule has 136 valence electrons. The van der Waals surface area contributed by atoms with Gasteiger partial charge in [-0.1, -0.05) is 76.6 Å². The molecule has 1 aromatic heterocycles. The molecule has 4 rings (SSSR count). The molecule has 0 fully saturated rings. The van der Waals surface area contributed by atoms with Crippen molar-refractivity contribution in [3.8, 4) is 11.3 Å². The van der Waals surface area contributed by atoms with Gasteiger partial charge < -0.3 is 0 Å². The summed E-state index contributed by atoms with van der Waals surface area (Å²) < 4.78 is 0.954. The molecule has 1 heterocycles. The van der Waals surface area contributed by atoms with Crippen LogP contribution in [0, 0.1) is 0 Å². The van der Waals surface area contributed by atoms with Gasteiger partial charge >= 0.3 is 0 Å². The van der Waals surface area contributed by atoms with E-state index >= 15 is 0 Å². The Hall–Kier alpha value is -3.31. The van der Waals surface area contributed by atoms with Crippen LogP contribution in [-0.2, 0) is 0 Å². The number of halogens is 1. The highest BCUT2D eigenvalue weighted by Crippen LogP contribution is 2.24. The number of amides is 1. The lowest BCUT2D eigenvalue weighted by molar-refractivity contribution is 0.0957. The van der Waals surface area contributed by atoms with Crippen LogP contribution in [0.3, 0.4) is 0 Å². The van der Waals surface area contributed by atoms with E-state index in [0.717, 1.165) is 32.2 Å².